The maximum Gasteiger partial charge on any atom is 0.270 e. The number of benzene rings is 1. The summed E-state index contributed by atoms with van der Waals surface area (Å²) in [7, 11) is -3.87. The van der Waals surface area contributed by atoms with Gasteiger partial charge in [-0.15, -0.1) is 24.0 Å². The summed E-state index contributed by atoms with van der Waals surface area (Å²) < 4.78 is 27.1. The molecule has 30 heavy (non-hydrogen) atoms. The third kappa shape index (κ3) is 7.36. The zero-order valence-corrected chi connectivity index (χ0v) is 20.1. The molecular formula is C17H27IN6O5S. The summed E-state index contributed by atoms with van der Waals surface area (Å²) >= 11 is 0. The number of piperazine rings is 1. The predicted molar refractivity (Wildman–Crippen MR) is 124 cm³/mol. The second kappa shape index (κ2) is 12.0. The molecular weight excluding hydrogens is 527 g/mol. The minimum atomic E-state index is -3.87. The van der Waals surface area contributed by atoms with Gasteiger partial charge in [0.15, 0.2) is 5.96 Å². The highest BCUT2D eigenvalue weighted by Crippen LogP contribution is 2.16. The highest BCUT2D eigenvalue weighted by atomic mass is 127. The molecule has 0 spiro atoms. The van der Waals surface area contributed by atoms with Crippen LogP contribution in [0.1, 0.15) is 13.8 Å². The minimum absolute atomic E-state index is 0. The highest BCUT2D eigenvalue weighted by molar-refractivity contribution is 14.0. The SMILES string of the molecule is CCNC(=NCCNS(=O)(=O)c1cccc([N+](=O)[O-])c1)N1CCN(C(C)=O)CC1.I. The largest absolute Gasteiger partial charge is 0.357 e. The van der Waals surface area contributed by atoms with Crippen LogP contribution < -0.4 is 10.0 Å². The van der Waals surface area contributed by atoms with Gasteiger partial charge in [0, 0.05) is 58.3 Å². The van der Waals surface area contributed by atoms with E-state index in [4.69, 9.17) is 0 Å². The Kier molecular flexibility index (Phi) is 10.4. The van der Waals surface area contributed by atoms with Crippen LogP contribution in [0.15, 0.2) is 34.2 Å². The van der Waals surface area contributed by atoms with Gasteiger partial charge in [-0.3, -0.25) is 19.9 Å². The normalized spacial score (nSPS) is 14.8. The highest BCUT2D eigenvalue weighted by Gasteiger charge is 2.21. The van der Waals surface area contributed by atoms with E-state index in [2.05, 4.69) is 15.0 Å². The summed E-state index contributed by atoms with van der Waals surface area (Å²) in [6.07, 6.45) is 0. The number of carbonyl (C=O) groups excluding carboxylic acids is 1. The molecule has 0 unspecified atom stereocenters. The number of nitro benzene ring substituents is 1. The van der Waals surface area contributed by atoms with Gasteiger partial charge in [-0.2, -0.15) is 0 Å². The van der Waals surface area contributed by atoms with Gasteiger partial charge in [0.05, 0.1) is 16.4 Å². The quantitative estimate of drug-likeness (QED) is 0.126. The van der Waals surface area contributed by atoms with Crippen LogP contribution in [0.25, 0.3) is 0 Å². The molecule has 0 saturated carbocycles. The second-order valence-electron chi connectivity index (χ2n) is 6.38. The van der Waals surface area contributed by atoms with Crippen LogP contribution in [0.3, 0.4) is 0 Å². The number of aliphatic imine (C=N–C) groups is 1. The number of halogens is 1. The van der Waals surface area contributed by atoms with E-state index in [0.717, 1.165) is 6.07 Å². The Bertz CT molecular complexity index is 871. The number of carbonyl (C=O) groups is 1. The summed E-state index contributed by atoms with van der Waals surface area (Å²) in [6, 6.07) is 4.88. The van der Waals surface area contributed by atoms with E-state index in [1.54, 1.807) is 11.8 Å². The summed E-state index contributed by atoms with van der Waals surface area (Å²) in [4.78, 5) is 29.7. The van der Waals surface area contributed by atoms with Gasteiger partial charge in [0.1, 0.15) is 0 Å². The fourth-order valence-electron chi connectivity index (χ4n) is 2.85. The maximum absolute atomic E-state index is 12.3. The van der Waals surface area contributed by atoms with Crippen LogP contribution >= 0.6 is 24.0 Å². The predicted octanol–water partition coefficient (Wildman–Crippen LogP) is 0.621. The summed E-state index contributed by atoms with van der Waals surface area (Å²) in [6.45, 7) is 6.89. The van der Waals surface area contributed by atoms with Crippen molar-refractivity contribution in [1.82, 2.24) is 19.8 Å². The number of non-ortho nitro benzene ring substituents is 1. The van der Waals surface area contributed by atoms with Crippen LogP contribution in [-0.2, 0) is 14.8 Å². The number of guanidine groups is 1. The summed E-state index contributed by atoms with van der Waals surface area (Å²) in [5.41, 5.74) is -0.287. The van der Waals surface area contributed by atoms with Gasteiger partial charge < -0.3 is 15.1 Å². The molecule has 13 heteroatoms. The lowest BCUT2D eigenvalue weighted by Gasteiger charge is -2.36. The lowest BCUT2D eigenvalue weighted by Crippen LogP contribution is -2.53. The van der Waals surface area contributed by atoms with E-state index in [1.807, 2.05) is 11.8 Å². The van der Waals surface area contributed by atoms with Crippen molar-refractivity contribution in [2.24, 2.45) is 4.99 Å². The van der Waals surface area contributed by atoms with E-state index < -0.39 is 14.9 Å². The first-order chi connectivity index (χ1) is 13.7. The summed E-state index contributed by atoms with van der Waals surface area (Å²) in [5.74, 6) is 0.701. The molecule has 2 N–H and O–H groups in total. The maximum atomic E-state index is 12.3. The molecule has 1 heterocycles. The van der Waals surface area contributed by atoms with Crippen molar-refractivity contribution < 1.29 is 18.1 Å². The number of rotatable bonds is 7. The molecule has 1 amide bonds. The number of nitro groups is 1. The molecule has 1 saturated heterocycles. The van der Waals surface area contributed by atoms with E-state index in [9.17, 15) is 23.3 Å². The fourth-order valence-corrected chi connectivity index (χ4v) is 3.91. The topological polar surface area (TPSA) is 137 Å². The van der Waals surface area contributed by atoms with Crippen molar-refractivity contribution >= 4 is 51.6 Å². The van der Waals surface area contributed by atoms with E-state index in [0.29, 0.717) is 38.7 Å². The molecule has 11 nitrogen and oxygen atoms in total. The van der Waals surface area contributed by atoms with Gasteiger partial charge in [0.2, 0.25) is 15.9 Å². The van der Waals surface area contributed by atoms with Crippen LogP contribution in [0.4, 0.5) is 5.69 Å². The smallest absolute Gasteiger partial charge is 0.270 e. The van der Waals surface area contributed by atoms with Crippen LogP contribution in [0.2, 0.25) is 0 Å². The van der Waals surface area contributed by atoms with Gasteiger partial charge in [0.25, 0.3) is 5.69 Å². The third-order valence-corrected chi connectivity index (χ3v) is 5.82. The molecule has 1 aromatic carbocycles. The molecule has 0 atom stereocenters. The lowest BCUT2D eigenvalue weighted by atomic mass is 10.3. The molecule has 1 fully saturated rings. The minimum Gasteiger partial charge on any atom is -0.357 e. The van der Waals surface area contributed by atoms with Crippen molar-refractivity contribution in [1.29, 1.82) is 0 Å². The number of nitrogens with zero attached hydrogens (tertiary/aromatic N) is 4. The molecule has 0 aromatic heterocycles. The van der Waals surface area contributed by atoms with Crippen LogP contribution in [-0.4, -0.2) is 80.8 Å². The van der Waals surface area contributed by atoms with Crippen molar-refractivity contribution in [3.8, 4) is 0 Å². The van der Waals surface area contributed by atoms with E-state index in [-0.39, 0.29) is 53.6 Å². The molecule has 0 aliphatic carbocycles. The van der Waals surface area contributed by atoms with Crippen molar-refractivity contribution in [3.05, 3.63) is 34.4 Å². The van der Waals surface area contributed by atoms with Crippen LogP contribution in [0, 0.1) is 10.1 Å². The van der Waals surface area contributed by atoms with E-state index in [1.165, 1.54) is 18.2 Å². The van der Waals surface area contributed by atoms with Gasteiger partial charge in [-0.25, -0.2) is 13.1 Å². The fraction of sp³-hybridized carbons (Fsp3) is 0.529. The number of hydrogen-bond donors (Lipinski definition) is 2. The van der Waals surface area contributed by atoms with Crippen molar-refractivity contribution in [3.63, 3.8) is 0 Å². The molecule has 0 bridgehead atoms. The lowest BCUT2D eigenvalue weighted by molar-refractivity contribution is -0.385. The monoisotopic (exact) mass is 554 g/mol. The zero-order valence-electron chi connectivity index (χ0n) is 16.9. The number of sulfonamides is 1. The zero-order chi connectivity index (χ0) is 21.4. The van der Waals surface area contributed by atoms with Crippen molar-refractivity contribution in [2.75, 3.05) is 45.8 Å². The average molecular weight is 554 g/mol. The van der Waals surface area contributed by atoms with Gasteiger partial charge in [-0.1, -0.05) is 6.07 Å². The Labute approximate surface area is 193 Å². The first-order valence-electron chi connectivity index (χ1n) is 9.27. The Morgan fingerprint density at radius 2 is 1.87 bits per heavy atom. The number of amides is 1. The molecule has 2 rings (SSSR count). The molecule has 1 aromatic rings. The van der Waals surface area contributed by atoms with Crippen LogP contribution in [0.5, 0.6) is 0 Å². The Morgan fingerprint density at radius 3 is 2.43 bits per heavy atom. The molecule has 1 aliphatic heterocycles. The number of nitrogens with one attached hydrogen (secondary N) is 2. The molecule has 1 aliphatic rings. The third-order valence-electron chi connectivity index (χ3n) is 4.36. The second-order valence-corrected chi connectivity index (χ2v) is 8.15. The molecule has 168 valence electrons. The summed E-state index contributed by atoms with van der Waals surface area (Å²) in [5, 5.41) is 14.0. The van der Waals surface area contributed by atoms with Gasteiger partial charge in [-0.05, 0) is 13.0 Å². The first kappa shape index (κ1) is 26.0. The molecule has 0 radical (unpaired) electrons. The van der Waals surface area contributed by atoms with E-state index >= 15 is 0 Å². The van der Waals surface area contributed by atoms with Crippen molar-refractivity contribution in [2.45, 2.75) is 18.7 Å². The number of hydrogen-bond acceptors (Lipinski definition) is 6. The Morgan fingerprint density at radius 1 is 1.23 bits per heavy atom. The Balaban J connectivity index is 0.00000450. The Hall–Kier alpha value is -2.00. The standard InChI is InChI=1S/C17H26N6O5S.HI/c1-3-18-17(22-11-9-21(10-12-22)14(2)24)19-7-8-20-29(27,28)16-6-4-5-15(13-16)23(25)26;/h4-6,13,20H,3,7-12H2,1-2H3,(H,18,19);1H. The first-order valence-corrected chi connectivity index (χ1v) is 10.8. The average Bonchev–Trinajstić information content (AvgIpc) is 2.70. The van der Waals surface area contributed by atoms with Gasteiger partial charge >= 0.3 is 0 Å².